The minimum atomic E-state index is -3.59. The quantitative estimate of drug-likeness (QED) is 0.870. The van der Waals surface area contributed by atoms with E-state index >= 15 is 0 Å². The molecule has 0 radical (unpaired) electrons. The van der Waals surface area contributed by atoms with Crippen molar-refractivity contribution in [1.82, 2.24) is 4.31 Å². The van der Waals surface area contributed by atoms with Crippen LogP contribution >= 0.6 is 0 Å². The highest BCUT2D eigenvalue weighted by atomic mass is 32.2. The third-order valence-electron chi connectivity index (χ3n) is 4.22. The van der Waals surface area contributed by atoms with E-state index in [1.54, 1.807) is 10.4 Å². The van der Waals surface area contributed by atoms with Gasteiger partial charge >= 0.3 is 0 Å². The smallest absolute Gasteiger partial charge is 0.247 e. The summed E-state index contributed by atoms with van der Waals surface area (Å²) in [6, 6.07) is 3.18. The summed E-state index contributed by atoms with van der Waals surface area (Å²) in [5.74, 6) is 0.906. The molecule has 1 aliphatic rings. The number of aryl methyl sites for hydroxylation is 1. The van der Waals surface area contributed by atoms with Gasteiger partial charge in [0.1, 0.15) is 10.6 Å². The van der Waals surface area contributed by atoms with Crippen LogP contribution in [-0.2, 0) is 10.0 Å². The molecule has 0 bridgehead atoms. The van der Waals surface area contributed by atoms with Crippen molar-refractivity contribution >= 4 is 15.7 Å². The second-order valence-corrected chi connectivity index (χ2v) is 7.81. The van der Waals surface area contributed by atoms with Crippen LogP contribution in [0.3, 0.4) is 0 Å². The molecule has 1 saturated heterocycles. The van der Waals surface area contributed by atoms with Crippen molar-refractivity contribution in [2.24, 2.45) is 5.92 Å². The highest BCUT2D eigenvalue weighted by molar-refractivity contribution is 7.89. The van der Waals surface area contributed by atoms with Crippen molar-refractivity contribution < 1.29 is 13.2 Å². The molecule has 1 aromatic rings. The largest absolute Gasteiger partial charge is 0.495 e. The lowest BCUT2D eigenvalue weighted by molar-refractivity contribution is 0.219. The molecule has 0 amide bonds. The van der Waals surface area contributed by atoms with E-state index in [9.17, 15) is 8.42 Å². The number of nitrogens with zero attached hydrogens (tertiary/aromatic N) is 1. The summed E-state index contributed by atoms with van der Waals surface area (Å²) in [7, 11) is -2.11. The van der Waals surface area contributed by atoms with E-state index in [0.717, 1.165) is 18.4 Å². The third kappa shape index (κ3) is 3.01. The second-order valence-electron chi connectivity index (χ2n) is 5.95. The summed E-state index contributed by atoms with van der Waals surface area (Å²) < 4.78 is 32.7. The van der Waals surface area contributed by atoms with Gasteiger partial charge in [-0.3, -0.25) is 0 Å². The summed E-state index contributed by atoms with van der Waals surface area (Å²) >= 11 is 0. The first kappa shape index (κ1) is 16.1. The summed E-state index contributed by atoms with van der Waals surface area (Å²) in [6.45, 7) is 6.49. The molecule has 118 valence electrons. The van der Waals surface area contributed by atoms with Crippen molar-refractivity contribution in [3.63, 3.8) is 0 Å². The number of methoxy groups -OCH3 is 1. The molecule has 1 fully saturated rings. The van der Waals surface area contributed by atoms with Crippen LogP contribution in [0.25, 0.3) is 0 Å². The topological polar surface area (TPSA) is 72.6 Å². The van der Waals surface area contributed by atoms with Gasteiger partial charge in [0.2, 0.25) is 10.0 Å². The molecule has 6 heteroatoms. The summed E-state index contributed by atoms with van der Waals surface area (Å²) in [5.41, 5.74) is 7.17. The molecule has 5 nitrogen and oxygen atoms in total. The molecular weight excluding hydrogens is 288 g/mol. The molecule has 1 aliphatic heterocycles. The Morgan fingerprint density at radius 2 is 2.00 bits per heavy atom. The van der Waals surface area contributed by atoms with Crippen LogP contribution in [0.15, 0.2) is 17.0 Å². The summed E-state index contributed by atoms with van der Waals surface area (Å²) in [5, 5.41) is 0. The van der Waals surface area contributed by atoms with Crippen LogP contribution in [0.5, 0.6) is 5.75 Å². The highest BCUT2D eigenvalue weighted by Gasteiger charge is 2.35. The Morgan fingerprint density at radius 1 is 1.33 bits per heavy atom. The number of hydrogen-bond acceptors (Lipinski definition) is 4. The second kappa shape index (κ2) is 5.85. The van der Waals surface area contributed by atoms with Gasteiger partial charge in [-0.05, 0) is 50.3 Å². The maximum absolute atomic E-state index is 12.9. The highest BCUT2D eigenvalue weighted by Crippen LogP contribution is 2.34. The Balaban J connectivity index is 2.47. The van der Waals surface area contributed by atoms with E-state index in [0.29, 0.717) is 23.9 Å². The number of anilines is 1. The van der Waals surface area contributed by atoms with Gasteiger partial charge in [0, 0.05) is 18.3 Å². The lowest BCUT2D eigenvalue weighted by Gasteiger charge is -2.35. The van der Waals surface area contributed by atoms with E-state index in [1.807, 2.05) is 13.8 Å². The number of benzene rings is 1. The molecule has 1 aromatic carbocycles. The van der Waals surface area contributed by atoms with E-state index in [4.69, 9.17) is 10.5 Å². The number of rotatable bonds is 3. The van der Waals surface area contributed by atoms with E-state index in [2.05, 4.69) is 6.92 Å². The standard InChI is InChI=1S/C15H24N2O3S/c1-10-5-6-17(12(3)7-10)21(18,19)15-9-13(16)11(2)8-14(15)20-4/h8-10,12H,5-7,16H2,1-4H3. The van der Waals surface area contributed by atoms with E-state index in [-0.39, 0.29) is 10.9 Å². The van der Waals surface area contributed by atoms with Crippen LogP contribution in [0.1, 0.15) is 32.3 Å². The molecule has 1 heterocycles. The van der Waals surface area contributed by atoms with Crippen LogP contribution in [-0.4, -0.2) is 32.4 Å². The van der Waals surface area contributed by atoms with Crippen LogP contribution in [0, 0.1) is 12.8 Å². The van der Waals surface area contributed by atoms with Gasteiger partial charge < -0.3 is 10.5 Å². The van der Waals surface area contributed by atoms with Crippen molar-refractivity contribution in [3.05, 3.63) is 17.7 Å². The number of nitrogen functional groups attached to an aromatic ring is 1. The molecule has 2 unspecified atom stereocenters. The van der Waals surface area contributed by atoms with Crippen LogP contribution in [0.4, 0.5) is 5.69 Å². The Bertz CT molecular complexity index is 628. The molecule has 0 spiro atoms. The number of piperidine rings is 1. The third-order valence-corrected chi connectivity index (χ3v) is 6.25. The number of hydrogen-bond donors (Lipinski definition) is 1. The summed E-state index contributed by atoms with van der Waals surface area (Å²) in [6.07, 6.45) is 1.76. The molecule has 0 aromatic heterocycles. The maximum Gasteiger partial charge on any atom is 0.247 e. The zero-order valence-corrected chi connectivity index (χ0v) is 13.9. The predicted octanol–water partition coefficient (Wildman–Crippen LogP) is 2.39. The van der Waals surface area contributed by atoms with Crippen molar-refractivity contribution in [2.45, 2.75) is 44.6 Å². The van der Waals surface area contributed by atoms with Crippen molar-refractivity contribution in [1.29, 1.82) is 0 Å². The normalized spacial score (nSPS) is 24.0. The van der Waals surface area contributed by atoms with Crippen molar-refractivity contribution in [2.75, 3.05) is 19.4 Å². The average molecular weight is 312 g/mol. The average Bonchev–Trinajstić information content (AvgIpc) is 2.40. The fourth-order valence-electron chi connectivity index (χ4n) is 2.91. The number of sulfonamides is 1. The lowest BCUT2D eigenvalue weighted by atomic mass is 9.95. The number of nitrogens with two attached hydrogens (primary N) is 1. The first-order valence-electron chi connectivity index (χ1n) is 7.23. The SMILES string of the molecule is COc1cc(C)c(N)cc1S(=O)(=O)N1CCC(C)CC1C. The zero-order chi connectivity index (χ0) is 15.8. The first-order valence-corrected chi connectivity index (χ1v) is 8.67. The number of ether oxygens (including phenoxy) is 1. The van der Waals surface area contributed by atoms with Gasteiger partial charge in [-0.15, -0.1) is 0 Å². The van der Waals surface area contributed by atoms with E-state index in [1.165, 1.54) is 13.2 Å². The zero-order valence-electron chi connectivity index (χ0n) is 13.1. The molecule has 0 saturated carbocycles. The molecule has 2 N–H and O–H groups in total. The van der Waals surface area contributed by atoms with Gasteiger partial charge in [0.05, 0.1) is 7.11 Å². The fourth-order valence-corrected chi connectivity index (χ4v) is 4.74. The van der Waals surface area contributed by atoms with E-state index < -0.39 is 10.0 Å². The van der Waals surface area contributed by atoms with Gasteiger partial charge in [-0.2, -0.15) is 4.31 Å². The monoisotopic (exact) mass is 312 g/mol. The summed E-state index contributed by atoms with van der Waals surface area (Å²) in [4.78, 5) is 0.162. The van der Waals surface area contributed by atoms with Crippen LogP contribution in [0.2, 0.25) is 0 Å². The van der Waals surface area contributed by atoms with Gasteiger partial charge in [-0.1, -0.05) is 6.92 Å². The first-order chi connectivity index (χ1) is 9.77. The molecule has 2 rings (SSSR count). The molecular formula is C15H24N2O3S. The molecule has 2 atom stereocenters. The van der Waals surface area contributed by atoms with Crippen molar-refractivity contribution in [3.8, 4) is 5.75 Å². The molecule has 0 aliphatic carbocycles. The molecule has 21 heavy (non-hydrogen) atoms. The van der Waals surface area contributed by atoms with Crippen LogP contribution < -0.4 is 10.5 Å². The van der Waals surface area contributed by atoms with Gasteiger partial charge in [0.25, 0.3) is 0 Å². The Kier molecular flexibility index (Phi) is 4.49. The fraction of sp³-hybridized carbons (Fsp3) is 0.600. The Labute approximate surface area is 127 Å². The maximum atomic E-state index is 12.9. The minimum Gasteiger partial charge on any atom is -0.495 e. The lowest BCUT2D eigenvalue weighted by Crippen LogP contribution is -2.44. The van der Waals surface area contributed by atoms with Gasteiger partial charge in [0.15, 0.2) is 0 Å². The van der Waals surface area contributed by atoms with Gasteiger partial charge in [-0.25, -0.2) is 8.42 Å². The Morgan fingerprint density at radius 3 is 2.57 bits per heavy atom. The minimum absolute atomic E-state index is 0.00835. The predicted molar refractivity (Wildman–Crippen MR) is 83.9 cm³/mol. The Hall–Kier alpha value is -1.27.